The number of H-pyrrole nitrogens is 1. The van der Waals surface area contributed by atoms with Crippen LogP contribution in [0.15, 0.2) is 115 Å². The van der Waals surface area contributed by atoms with Gasteiger partial charge in [0.1, 0.15) is 5.69 Å². The number of hydrogen-bond acceptors (Lipinski definition) is 3. The first-order valence-corrected chi connectivity index (χ1v) is 12.3. The number of aromatic nitrogens is 2. The second-order valence-corrected chi connectivity index (χ2v) is 8.79. The molecule has 2 heterocycles. The molecule has 0 aliphatic rings. The number of carbonyl (C=O) groups is 1. The average Bonchev–Trinajstić information content (AvgIpc) is 3.53. The van der Waals surface area contributed by atoms with Crippen LogP contribution >= 0.6 is 0 Å². The van der Waals surface area contributed by atoms with Crippen molar-refractivity contribution in [3.8, 4) is 11.1 Å². The molecule has 0 radical (unpaired) electrons. The molecule has 5 nitrogen and oxygen atoms in total. The number of para-hydroxylation sites is 2. The number of esters is 1. The van der Waals surface area contributed by atoms with E-state index >= 15 is 0 Å². The Morgan fingerprint density at radius 2 is 1.57 bits per heavy atom. The first-order valence-electron chi connectivity index (χ1n) is 12.3. The van der Waals surface area contributed by atoms with E-state index in [-0.39, 0.29) is 5.97 Å². The molecule has 3 N–H and O–H groups in total. The van der Waals surface area contributed by atoms with E-state index < -0.39 is 0 Å². The summed E-state index contributed by atoms with van der Waals surface area (Å²) in [6.07, 6.45) is 2.25. The molecule has 5 heteroatoms. The Labute approximate surface area is 216 Å². The number of nitrogens with two attached hydrogens (primary N) is 1. The van der Waals surface area contributed by atoms with Gasteiger partial charge in [-0.25, -0.2) is 4.79 Å². The van der Waals surface area contributed by atoms with Crippen molar-refractivity contribution in [3.05, 3.63) is 127 Å². The number of anilines is 1. The summed E-state index contributed by atoms with van der Waals surface area (Å²) in [6.45, 7) is 3.03. The lowest BCUT2D eigenvalue weighted by Crippen LogP contribution is -2.04. The van der Waals surface area contributed by atoms with Gasteiger partial charge >= 0.3 is 5.97 Å². The van der Waals surface area contributed by atoms with Crippen LogP contribution in [0.2, 0.25) is 0 Å². The second-order valence-electron chi connectivity index (χ2n) is 8.79. The van der Waals surface area contributed by atoms with Crippen LogP contribution in [0.4, 0.5) is 5.69 Å². The van der Waals surface area contributed by atoms with Gasteiger partial charge in [-0.05, 0) is 48.4 Å². The van der Waals surface area contributed by atoms with Crippen molar-refractivity contribution in [2.45, 2.75) is 13.5 Å². The minimum absolute atomic E-state index is 0.302. The van der Waals surface area contributed by atoms with Gasteiger partial charge in [0.25, 0.3) is 0 Å². The molecule has 6 aromatic rings. The number of benzene rings is 4. The van der Waals surface area contributed by atoms with Crippen LogP contribution < -0.4 is 5.73 Å². The summed E-state index contributed by atoms with van der Waals surface area (Å²) >= 11 is 0. The molecule has 0 aliphatic carbocycles. The smallest absolute Gasteiger partial charge is 0.354 e. The molecule has 0 unspecified atom stereocenters. The second kappa shape index (κ2) is 10.9. The Morgan fingerprint density at radius 1 is 0.865 bits per heavy atom. The predicted molar refractivity (Wildman–Crippen MR) is 152 cm³/mol. The number of nitrogens with one attached hydrogen (secondary N) is 1. The monoisotopic (exact) mass is 487 g/mol. The molecule has 6 rings (SSSR count). The quantitative estimate of drug-likeness (QED) is 0.198. The third-order valence-corrected chi connectivity index (χ3v) is 6.23. The highest BCUT2D eigenvalue weighted by Gasteiger charge is 2.10. The van der Waals surface area contributed by atoms with Crippen molar-refractivity contribution in [3.63, 3.8) is 0 Å². The Hall–Kier alpha value is -4.77. The highest BCUT2D eigenvalue weighted by molar-refractivity contribution is 5.96. The topological polar surface area (TPSA) is 73.0 Å². The molecule has 0 atom stereocenters. The third kappa shape index (κ3) is 5.41. The molecule has 0 bridgehead atoms. The molecule has 2 aromatic heterocycles. The maximum Gasteiger partial charge on any atom is 0.354 e. The van der Waals surface area contributed by atoms with Gasteiger partial charge in [-0.15, -0.1) is 0 Å². The Kier molecular flexibility index (Phi) is 7.04. The fourth-order valence-corrected chi connectivity index (χ4v) is 4.44. The van der Waals surface area contributed by atoms with Gasteiger partial charge in [0.05, 0.1) is 6.61 Å². The van der Waals surface area contributed by atoms with Gasteiger partial charge < -0.3 is 20.0 Å². The first-order chi connectivity index (χ1) is 18.1. The van der Waals surface area contributed by atoms with Gasteiger partial charge in [0.15, 0.2) is 0 Å². The summed E-state index contributed by atoms with van der Waals surface area (Å²) in [6, 6.07) is 36.7. The summed E-state index contributed by atoms with van der Waals surface area (Å²) in [5, 5.41) is 2.31. The first kappa shape index (κ1) is 23.9. The van der Waals surface area contributed by atoms with Crippen molar-refractivity contribution in [1.82, 2.24) is 9.55 Å². The fraction of sp³-hybridized carbons (Fsp3) is 0.0938. The summed E-state index contributed by atoms with van der Waals surface area (Å²) in [5.74, 6) is -0.302. The van der Waals surface area contributed by atoms with Crippen molar-refractivity contribution < 1.29 is 9.53 Å². The van der Waals surface area contributed by atoms with E-state index in [0.717, 1.165) is 23.1 Å². The maximum absolute atomic E-state index is 11.4. The molecular weight excluding hydrogens is 458 g/mol. The van der Waals surface area contributed by atoms with Crippen LogP contribution in [0.5, 0.6) is 0 Å². The molecule has 0 fully saturated rings. The number of nitrogen functional groups attached to an aromatic ring is 1. The number of ether oxygens (including phenoxy) is 1. The minimum Gasteiger partial charge on any atom is -0.461 e. The third-order valence-electron chi connectivity index (χ3n) is 6.23. The van der Waals surface area contributed by atoms with E-state index in [1.807, 2.05) is 36.4 Å². The van der Waals surface area contributed by atoms with E-state index in [1.54, 1.807) is 13.0 Å². The molecule has 0 saturated carbocycles. The predicted octanol–water partition coefficient (Wildman–Crippen LogP) is 7.28. The maximum atomic E-state index is 11.4. The standard InChI is InChI=1S/C21H18N2.C11H11NO2/c22-18-12-10-16(11-13-18)14-23-15-20(17-6-2-1-3-7-17)19-8-4-5-9-21(19)23;1-2-14-11(13)10-7-8-5-3-4-6-9(8)12-10/h1-13,15H,14,22H2;3-7,12H,2H2,1H3. The van der Waals surface area contributed by atoms with Crippen LogP contribution in [0.25, 0.3) is 32.9 Å². The molecular formula is C32H29N3O2. The van der Waals surface area contributed by atoms with Crippen LogP contribution in [0.1, 0.15) is 23.0 Å². The lowest BCUT2D eigenvalue weighted by molar-refractivity contribution is 0.0520. The molecule has 37 heavy (non-hydrogen) atoms. The molecule has 4 aromatic carbocycles. The zero-order chi connectivity index (χ0) is 25.6. The number of rotatable bonds is 5. The number of nitrogens with zero attached hydrogens (tertiary/aromatic N) is 1. The number of aromatic amines is 1. The van der Waals surface area contributed by atoms with Gasteiger partial charge in [-0.2, -0.15) is 0 Å². The Balaban J connectivity index is 0.000000171. The van der Waals surface area contributed by atoms with Crippen molar-refractivity contribution >= 4 is 33.5 Å². The average molecular weight is 488 g/mol. The minimum atomic E-state index is -0.302. The zero-order valence-electron chi connectivity index (χ0n) is 20.7. The molecule has 184 valence electrons. The summed E-state index contributed by atoms with van der Waals surface area (Å²) in [5.41, 5.74) is 13.1. The van der Waals surface area contributed by atoms with Crippen molar-refractivity contribution in [2.24, 2.45) is 0 Å². The van der Waals surface area contributed by atoms with E-state index in [0.29, 0.717) is 12.3 Å². The van der Waals surface area contributed by atoms with Gasteiger partial charge in [0.2, 0.25) is 0 Å². The number of hydrogen-bond donors (Lipinski definition) is 2. The Bertz CT molecular complexity index is 1600. The normalized spacial score (nSPS) is 10.7. The largest absolute Gasteiger partial charge is 0.461 e. The molecule has 0 saturated heterocycles. The summed E-state index contributed by atoms with van der Waals surface area (Å²) < 4.78 is 7.20. The fourth-order valence-electron chi connectivity index (χ4n) is 4.44. The summed E-state index contributed by atoms with van der Waals surface area (Å²) in [4.78, 5) is 14.4. The van der Waals surface area contributed by atoms with Crippen LogP contribution in [0, 0.1) is 0 Å². The molecule has 0 aliphatic heterocycles. The summed E-state index contributed by atoms with van der Waals surface area (Å²) in [7, 11) is 0. The van der Waals surface area contributed by atoms with E-state index in [9.17, 15) is 4.79 Å². The van der Waals surface area contributed by atoms with E-state index in [2.05, 4.69) is 82.5 Å². The van der Waals surface area contributed by atoms with Gasteiger partial charge in [0, 0.05) is 45.8 Å². The lowest BCUT2D eigenvalue weighted by atomic mass is 10.1. The van der Waals surface area contributed by atoms with Gasteiger partial charge in [-0.1, -0.05) is 78.9 Å². The number of fused-ring (bicyclic) bond motifs is 2. The zero-order valence-corrected chi connectivity index (χ0v) is 20.7. The van der Waals surface area contributed by atoms with Crippen LogP contribution in [0.3, 0.4) is 0 Å². The number of carbonyl (C=O) groups excluding carboxylic acids is 1. The van der Waals surface area contributed by atoms with E-state index in [4.69, 9.17) is 10.5 Å². The van der Waals surface area contributed by atoms with E-state index in [1.165, 1.54) is 27.6 Å². The highest BCUT2D eigenvalue weighted by Crippen LogP contribution is 2.31. The molecule has 0 spiro atoms. The highest BCUT2D eigenvalue weighted by atomic mass is 16.5. The Morgan fingerprint density at radius 3 is 2.32 bits per heavy atom. The van der Waals surface area contributed by atoms with Crippen LogP contribution in [-0.4, -0.2) is 22.1 Å². The molecule has 0 amide bonds. The van der Waals surface area contributed by atoms with Gasteiger partial charge in [-0.3, -0.25) is 0 Å². The van der Waals surface area contributed by atoms with Crippen molar-refractivity contribution in [2.75, 3.05) is 12.3 Å². The lowest BCUT2D eigenvalue weighted by Gasteiger charge is -2.06. The SMILES string of the molecule is CCOC(=O)c1cc2ccccc2[nH]1.Nc1ccc(Cn2cc(-c3ccccc3)c3ccccc32)cc1. The van der Waals surface area contributed by atoms with Crippen molar-refractivity contribution in [1.29, 1.82) is 0 Å². The van der Waals surface area contributed by atoms with Crippen LogP contribution in [-0.2, 0) is 11.3 Å².